The maximum absolute atomic E-state index is 12.4. The Morgan fingerprint density at radius 2 is 1.77 bits per heavy atom. The van der Waals surface area contributed by atoms with Crippen LogP contribution < -0.4 is 16.0 Å². The molecule has 1 amide bonds. The molecule has 2 atom stereocenters. The van der Waals surface area contributed by atoms with Gasteiger partial charge in [0.25, 0.3) is 0 Å². The summed E-state index contributed by atoms with van der Waals surface area (Å²) in [6.07, 6.45) is 4.15. The molecular weight excluding hydrogens is 371 g/mol. The number of pyridine rings is 1. The summed E-state index contributed by atoms with van der Waals surface area (Å²) in [6, 6.07) is 13.2. The number of benzene rings is 1. The summed E-state index contributed by atoms with van der Waals surface area (Å²) in [4.78, 5) is 19.2. The Hall–Kier alpha value is -1.82. The highest BCUT2D eigenvalue weighted by Crippen LogP contribution is 2.22. The van der Waals surface area contributed by atoms with Crippen LogP contribution in [0.5, 0.6) is 0 Å². The molecule has 2 heterocycles. The Morgan fingerprint density at radius 3 is 2.35 bits per heavy atom. The standard InChI is InChI=1S/C19H24N4O.2ClH/c1-14(18(20)15-7-3-2-4-8-15)19(24)22-16-9-10-17(21-13-16)23-11-5-6-12-23;;/h2-4,7-10,13-14,18H,5-6,11-12,20H2,1H3,(H,22,24);2*1H. The van der Waals surface area contributed by atoms with Gasteiger partial charge in [-0.2, -0.15) is 0 Å². The van der Waals surface area contributed by atoms with E-state index in [4.69, 9.17) is 5.73 Å². The summed E-state index contributed by atoms with van der Waals surface area (Å²) < 4.78 is 0. The number of nitrogens with zero attached hydrogens (tertiary/aromatic N) is 2. The SMILES string of the molecule is CC(C(=O)Nc1ccc(N2CCCC2)nc1)C(N)c1ccccc1.Cl.Cl. The second kappa shape index (κ2) is 10.4. The number of nitrogens with two attached hydrogens (primary N) is 1. The molecule has 2 aromatic rings. The third-order valence-electron chi connectivity index (χ3n) is 4.58. The Kier molecular flexibility index (Phi) is 8.85. The van der Waals surface area contributed by atoms with Gasteiger partial charge in [0.2, 0.25) is 5.91 Å². The van der Waals surface area contributed by atoms with Gasteiger partial charge in [0.05, 0.1) is 17.8 Å². The molecule has 0 saturated carbocycles. The van der Waals surface area contributed by atoms with Crippen LogP contribution in [0, 0.1) is 5.92 Å². The van der Waals surface area contributed by atoms with E-state index in [-0.39, 0.29) is 42.7 Å². The molecule has 1 aliphatic heterocycles. The minimum absolute atomic E-state index is 0. The number of nitrogens with one attached hydrogen (secondary N) is 1. The van der Waals surface area contributed by atoms with Crippen molar-refractivity contribution in [2.24, 2.45) is 11.7 Å². The Bertz CT molecular complexity index is 676. The van der Waals surface area contributed by atoms with Crippen molar-refractivity contribution in [2.75, 3.05) is 23.3 Å². The van der Waals surface area contributed by atoms with Crippen LogP contribution in [0.4, 0.5) is 11.5 Å². The first-order chi connectivity index (χ1) is 11.6. The maximum atomic E-state index is 12.4. The van der Waals surface area contributed by atoms with Gasteiger partial charge < -0.3 is 16.0 Å². The van der Waals surface area contributed by atoms with Crippen LogP contribution in [0.3, 0.4) is 0 Å². The van der Waals surface area contributed by atoms with Crippen molar-refractivity contribution >= 4 is 42.2 Å². The first-order valence-electron chi connectivity index (χ1n) is 8.47. The van der Waals surface area contributed by atoms with Crippen molar-refractivity contribution in [3.8, 4) is 0 Å². The summed E-state index contributed by atoms with van der Waals surface area (Å²) in [5.74, 6) is 0.548. The lowest BCUT2D eigenvalue weighted by Gasteiger charge is -2.20. The van der Waals surface area contributed by atoms with Crippen LogP contribution in [0.25, 0.3) is 0 Å². The van der Waals surface area contributed by atoms with Crippen LogP contribution in [-0.4, -0.2) is 24.0 Å². The first kappa shape index (κ1) is 22.2. The van der Waals surface area contributed by atoms with Gasteiger partial charge in [-0.15, -0.1) is 24.8 Å². The number of hydrogen-bond acceptors (Lipinski definition) is 4. The average Bonchev–Trinajstić information content (AvgIpc) is 3.16. The number of anilines is 2. The van der Waals surface area contributed by atoms with Gasteiger partial charge in [-0.05, 0) is 30.5 Å². The van der Waals surface area contributed by atoms with Gasteiger partial charge in [0.1, 0.15) is 5.82 Å². The van der Waals surface area contributed by atoms with E-state index in [0.29, 0.717) is 5.69 Å². The van der Waals surface area contributed by atoms with Crippen molar-refractivity contribution in [3.63, 3.8) is 0 Å². The molecule has 2 unspecified atom stereocenters. The maximum Gasteiger partial charge on any atom is 0.229 e. The number of aromatic nitrogens is 1. The zero-order valence-corrected chi connectivity index (χ0v) is 16.4. The van der Waals surface area contributed by atoms with E-state index in [1.54, 1.807) is 6.20 Å². The predicted octanol–water partition coefficient (Wildman–Crippen LogP) is 3.80. The van der Waals surface area contributed by atoms with E-state index in [1.165, 1.54) is 12.8 Å². The van der Waals surface area contributed by atoms with Crippen LogP contribution in [0.1, 0.15) is 31.4 Å². The third-order valence-corrected chi connectivity index (χ3v) is 4.58. The van der Waals surface area contributed by atoms with E-state index in [2.05, 4.69) is 15.2 Å². The van der Waals surface area contributed by atoms with Gasteiger partial charge in [0.15, 0.2) is 0 Å². The topological polar surface area (TPSA) is 71.2 Å². The summed E-state index contributed by atoms with van der Waals surface area (Å²) >= 11 is 0. The normalized spacial score (nSPS) is 15.4. The molecule has 0 aliphatic carbocycles. The molecule has 0 radical (unpaired) electrons. The van der Waals surface area contributed by atoms with Crippen molar-refractivity contribution in [1.82, 2.24) is 4.98 Å². The minimum Gasteiger partial charge on any atom is -0.357 e. The zero-order valence-electron chi connectivity index (χ0n) is 14.8. The molecule has 3 rings (SSSR count). The molecular formula is C19H26Cl2N4O. The summed E-state index contributed by atoms with van der Waals surface area (Å²) in [5.41, 5.74) is 7.88. The smallest absolute Gasteiger partial charge is 0.229 e. The zero-order chi connectivity index (χ0) is 16.9. The van der Waals surface area contributed by atoms with Gasteiger partial charge in [-0.3, -0.25) is 4.79 Å². The van der Waals surface area contributed by atoms with Crippen molar-refractivity contribution in [2.45, 2.75) is 25.8 Å². The lowest BCUT2D eigenvalue weighted by Crippen LogP contribution is -2.30. The Balaban J connectivity index is 0.00000169. The largest absolute Gasteiger partial charge is 0.357 e. The highest BCUT2D eigenvalue weighted by Gasteiger charge is 2.22. The van der Waals surface area contributed by atoms with Gasteiger partial charge in [-0.1, -0.05) is 37.3 Å². The number of amides is 1. The first-order valence-corrected chi connectivity index (χ1v) is 8.47. The van der Waals surface area contributed by atoms with Crippen molar-refractivity contribution in [3.05, 3.63) is 54.2 Å². The average molecular weight is 397 g/mol. The molecule has 1 aromatic carbocycles. The fraction of sp³-hybridized carbons (Fsp3) is 0.368. The van der Waals surface area contributed by atoms with E-state index in [9.17, 15) is 4.79 Å². The molecule has 1 aromatic heterocycles. The van der Waals surface area contributed by atoms with Crippen molar-refractivity contribution < 1.29 is 4.79 Å². The minimum atomic E-state index is -0.331. The Labute approximate surface area is 167 Å². The lowest BCUT2D eigenvalue weighted by atomic mass is 9.94. The summed E-state index contributed by atoms with van der Waals surface area (Å²) in [7, 11) is 0. The lowest BCUT2D eigenvalue weighted by molar-refractivity contribution is -0.120. The molecule has 0 spiro atoms. The predicted molar refractivity (Wildman–Crippen MR) is 111 cm³/mol. The molecule has 0 bridgehead atoms. The highest BCUT2D eigenvalue weighted by atomic mass is 35.5. The van der Waals surface area contributed by atoms with Gasteiger partial charge >= 0.3 is 0 Å². The summed E-state index contributed by atoms with van der Waals surface area (Å²) in [6.45, 7) is 3.96. The Morgan fingerprint density at radius 1 is 1.12 bits per heavy atom. The number of rotatable bonds is 5. The molecule has 1 aliphatic rings. The van der Waals surface area contributed by atoms with Crippen LogP contribution in [0.2, 0.25) is 0 Å². The van der Waals surface area contributed by atoms with E-state index in [1.807, 2.05) is 49.4 Å². The summed E-state index contributed by atoms with van der Waals surface area (Å²) in [5, 5.41) is 2.91. The van der Waals surface area contributed by atoms with Gasteiger partial charge in [-0.25, -0.2) is 4.98 Å². The van der Waals surface area contributed by atoms with E-state index in [0.717, 1.165) is 24.5 Å². The second-order valence-electron chi connectivity index (χ2n) is 6.31. The van der Waals surface area contributed by atoms with Crippen LogP contribution in [-0.2, 0) is 4.79 Å². The van der Waals surface area contributed by atoms with Crippen LogP contribution in [0.15, 0.2) is 48.7 Å². The molecule has 26 heavy (non-hydrogen) atoms. The van der Waals surface area contributed by atoms with Crippen molar-refractivity contribution in [1.29, 1.82) is 0 Å². The monoisotopic (exact) mass is 396 g/mol. The van der Waals surface area contributed by atoms with Crippen LogP contribution >= 0.6 is 24.8 Å². The highest BCUT2D eigenvalue weighted by molar-refractivity contribution is 5.92. The van der Waals surface area contributed by atoms with E-state index < -0.39 is 0 Å². The number of hydrogen-bond donors (Lipinski definition) is 2. The molecule has 1 saturated heterocycles. The van der Waals surface area contributed by atoms with Gasteiger partial charge in [0, 0.05) is 19.1 Å². The third kappa shape index (κ3) is 5.34. The molecule has 7 heteroatoms. The number of carbonyl (C=O) groups excluding carboxylic acids is 1. The molecule has 5 nitrogen and oxygen atoms in total. The fourth-order valence-electron chi connectivity index (χ4n) is 2.98. The second-order valence-corrected chi connectivity index (χ2v) is 6.31. The fourth-order valence-corrected chi connectivity index (χ4v) is 2.98. The number of halogens is 2. The molecule has 3 N–H and O–H groups in total. The molecule has 142 valence electrons. The quantitative estimate of drug-likeness (QED) is 0.805. The molecule has 1 fully saturated rings. The van der Waals surface area contributed by atoms with E-state index >= 15 is 0 Å². The number of carbonyl (C=O) groups is 1.